The van der Waals surface area contributed by atoms with Gasteiger partial charge in [0.1, 0.15) is 23.1 Å². The van der Waals surface area contributed by atoms with Gasteiger partial charge in [-0.1, -0.05) is 0 Å². The van der Waals surface area contributed by atoms with Crippen LogP contribution in [0.4, 0.5) is 0 Å². The molecule has 0 unspecified atom stereocenters. The van der Waals surface area contributed by atoms with E-state index in [9.17, 15) is 9.90 Å². The van der Waals surface area contributed by atoms with Crippen molar-refractivity contribution in [3.63, 3.8) is 0 Å². The third-order valence-corrected chi connectivity index (χ3v) is 2.29. The Morgan fingerprint density at radius 1 is 1.47 bits per heavy atom. The van der Waals surface area contributed by atoms with Gasteiger partial charge < -0.3 is 15.6 Å². The summed E-state index contributed by atoms with van der Waals surface area (Å²) in [6.45, 7) is 1.54. The highest BCUT2D eigenvalue weighted by molar-refractivity contribution is 5.92. The lowest BCUT2D eigenvalue weighted by molar-refractivity contribution is -0.135. The number of esters is 1. The van der Waals surface area contributed by atoms with Gasteiger partial charge in [0, 0.05) is 11.6 Å². The summed E-state index contributed by atoms with van der Waals surface area (Å²) in [5.74, 6) is -0.143. The first-order chi connectivity index (χ1) is 8.09. The summed E-state index contributed by atoms with van der Waals surface area (Å²) in [5.41, 5.74) is 5.81. The quantitative estimate of drug-likeness (QED) is 0.600. The Morgan fingerprint density at radius 3 is 2.94 bits per heavy atom. The first kappa shape index (κ1) is 11.3. The van der Waals surface area contributed by atoms with Crippen molar-refractivity contribution in [2.75, 3.05) is 0 Å². The molecule has 88 valence electrons. The topological polar surface area (TPSA) is 85.4 Å². The Morgan fingerprint density at radius 2 is 2.24 bits per heavy atom. The summed E-state index contributed by atoms with van der Waals surface area (Å²) in [6.07, 6.45) is 1.55. The van der Waals surface area contributed by atoms with E-state index in [0.29, 0.717) is 16.7 Å². The zero-order chi connectivity index (χ0) is 12.4. The monoisotopic (exact) mass is 232 g/mol. The van der Waals surface area contributed by atoms with E-state index in [1.54, 1.807) is 25.3 Å². The summed E-state index contributed by atoms with van der Waals surface area (Å²) < 4.78 is 5.13. The van der Waals surface area contributed by atoms with E-state index < -0.39 is 12.0 Å². The van der Waals surface area contributed by atoms with Crippen LogP contribution in [0.25, 0.3) is 10.9 Å². The predicted octanol–water partition coefficient (Wildman–Crippen LogP) is 1.19. The summed E-state index contributed by atoms with van der Waals surface area (Å²) in [6, 6.07) is 5.66. The molecule has 2 rings (SSSR count). The lowest BCUT2D eigenvalue weighted by Gasteiger charge is -2.09. The number of nitrogens with two attached hydrogens (primary N) is 1. The Kier molecular flexibility index (Phi) is 2.93. The minimum absolute atomic E-state index is 0.0428. The van der Waals surface area contributed by atoms with Gasteiger partial charge >= 0.3 is 5.97 Å². The molecule has 5 nitrogen and oxygen atoms in total. The molecule has 0 fully saturated rings. The fourth-order valence-corrected chi connectivity index (χ4v) is 1.42. The van der Waals surface area contributed by atoms with E-state index in [2.05, 4.69) is 4.98 Å². The number of aromatic nitrogens is 1. The highest BCUT2D eigenvalue weighted by Gasteiger charge is 2.13. The normalized spacial score (nSPS) is 12.4. The van der Waals surface area contributed by atoms with E-state index in [0.717, 1.165) is 0 Å². The number of benzene rings is 1. The lowest BCUT2D eigenvalue weighted by atomic mass is 10.2. The number of hydrogen-bond donors (Lipinski definition) is 2. The van der Waals surface area contributed by atoms with Gasteiger partial charge in [-0.05, 0) is 31.2 Å². The summed E-state index contributed by atoms with van der Waals surface area (Å²) in [4.78, 5) is 15.4. The van der Waals surface area contributed by atoms with Crippen molar-refractivity contribution in [2.45, 2.75) is 13.0 Å². The molecule has 0 saturated carbocycles. The maximum absolute atomic E-state index is 11.4. The maximum Gasteiger partial charge on any atom is 0.328 e. The summed E-state index contributed by atoms with van der Waals surface area (Å²) in [5, 5.41) is 10.2. The van der Waals surface area contributed by atoms with E-state index in [4.69, 9.17) is 10.5 Å². The number of pyridine rings is 1. The van der Waals surface area contributed by atoms with Crippen LogP contribution in [0.3, 0.4) is 0 Å². The third-order valence-electron chi connectivity index (χ3n) is 2.29. The highest BCUT2D eigenvalue weighted by Crippen LogP contribution is 2.30. The van der Waals surface area contributed by atoms with Gasteiger partial charge in [0.15, 0.2) is 0 Å². The van der Waals surface area contributed by atoms with Crippen LogP contribution in [-0.2, 0) is 4.79 Å². The van der Waals surface area contributed by atoms with Gasteiger partial charge in [0.05, 0.1) is 0 Å². The standard InChI is InChI=1S/C12H12N2O3/c1-7(13)12(16)17-10-5-4-9(15)11-8(10)3-2-6-14-11/h2-7,15H,13H2,1H3/t7-/m0/s1. The number of nitrogens with zero attached hydrogens (tertiary/aromatic N) is 1. The lowest BCUT2D eigenvalue weighted by Crippen LogP contribution is -2.30. The number of phenols is 1. The molecule has 0 saturated heterocycles. The van der Waals surface area contributed by atoms with Gasteiger partial charge in [-0.2, -0.15) is 0 Å². The molecule has 0 amide bonds. The fraction of sp³-hybridized carbons (Fsp3) is 0.167. The number of carbonyl (C=O) groups is 1. The van der Waals surface area contributed by atoms with Gasteiger partial charge in [0.2, 0.25) is 0 Å². The van der Waals surface area contributed by atoms with Crippen LogP contribution in [0.1, 0.15) is 6.92 Å². The molecule has 17 heavy (non-hydrogen) atoms. The minimum atomic E-state index is -0.699. The van der Waals surface area contributed by atoms with E-state index >= 15 is 0 Å². The van der Waals surface area contributed by atoms with Crippen molar-refractivity contribution < 1.29 is 14.6 Å². The molecule has 1 atom stereocenters. The molecule has 0 bridgehead atoms. The van der Waals surface area contributed by atoms with Crippen LogP contribution in [0.2, 0.25) is 0 Å². The van der Waals surface area contributed by atoms with Gasteiger partial charge in [-0.3, -0.25) is 4.98 Å². The number of aromatic hydroxyl groups is 1. The Hall–Kier alpha value is -2.14. The third kappa shape index (κ3) is 2.19. The molecule has 0 aliphatic rings. The number of ether oxygens (including phenoxy) is 1. The SMILES string of the molecule is C[C@H](N)C(=O)Oc1ccc(O)c2ncccc12. The van der Waals surface area contributed by atoms with Gasteiger partial charge in [0.25, 0.3) is 0 Å². The predicted molar refractivity (Wildman–Crippen MR) is 62.7 cm³/mol. The second-order valence-corrected chi connectivity index (χ2v) is 3.69. The molecule has 0 radical (unpaired) electrons. The second-order valence-electron chi connectivity index (χ2n) is 3.69. The van der Waals surface area contributed by atoms with E-state index in [-0.39, 0.29) is 5.75 Å². The second kappa shape index (κ2) is 4.39. The Balaban J connectivity index is 2.48. The highest BCUT2D eigenvalue weighted by atomic mass is 16.5. The van der Waals surface area contributed by atoms with Crippen molar-refractivity contribution in [1.29, 1.82) is 0 Å². The molecule has 1 aromatic carbocycles. The summed E-state index contributed by atoms with van der Waals surface area (Å²) in [7, 11) is 0. The molecule has 0 spiro atoms. The van der Waals surface area contributed by atoms with Crippen LogP contribution >= 0.6 is 0 Å². The summed E-state index contributed by atoms with van der Waals surface area (Å²) >= 11 is 0. The zero-order valence-corrected chi connectivity index (χ0v) is 9.25. The van der Waals surface area contributed by atoms with Crippen LogP contribution in [0.15, 0.2) is 30.5 Å². The van der Waals surface area contributed by atoms with Crippen LogP contribution in [0.5, 0.6) is 11.5 Å². The molecule has 5 heteroatoms. The molecule has 2 aromatic rings. The number of carbonyl (C=O) groups excluding carboxylic acids is 1. The van der Waals surface area contributed by atoms with Crippen LogP contribution in [0, 0.1) is 0 Å². The number of fused-ring (bicyclic) bond motifs is 1. The largest absolute Gasteiger partial charge is 0.506 e. The van der Waals surface area contributed by atoms with Crippen molar-refractivity contribution in [2.24, 2.45) is 5.73 Å². The zero-order valence-electron chi connectivity index (χ0n) is 9.25. The van der Waals surface area contributed by atoms with Crippen molar-refractivity contribution in [1.82, 2.24) is 4.98 Å². The first-order valence-corrected chi connectivity index (χ1v) is 5.13. The number of hydrogen-bond acceptors (Lipinski definition) is 5. The molecular weight excluding hydrogens is 220 g/mol. The Bertz CT molecular complexity index is 567. The van der Waals surface area contributed by atoms with Gasteiger partial charge in [-0.25, -0.2) is 4.79 Å². The van der Waals surface area contributed by atoms with Crippen LogP contribution < -0.4 is 10.5 Å². The van der Waals surface area contributed by atoms with Crippen molar-refractivity contribution in [3.05, 3.63) is 30.5 Å². The number of rotatable bonds is 2. The maximum atomic E-state index is 11.4. The Labute approximate surface area is 97.8 Å². The molecule has 0 aliphatic heterocycles. The van der Waals surface area contributed by atoms with E-state index in [1.807, 2.05) is 0 Å². The van der Waals surface area contributed by atoms with E-state index in [1.165, 1.54) is 12.1 Å². The van der Waals surface area contributed by atoms with Crippen LogP contribution in [-0.4, -0.2) is 22.1 Å². The first-order valence-electron chi connectivity index (χ1n) is 5.13. The van der Waals surface area contributed by atoms with Crippen molar-refractivity contribution in [3.8, 4) is 11.5 Å². The average molecular weight is 232 g/mol. The molecular formula is C12H12N2O3. The van der Waals surface area contributed by atoms with Gasteiger partial charge in [-0.15, -0.1) is 0 Å². The average Bonchev–Trinajstić information content (AvgIpc) is 2.33. The van der Waals surface area contributed by atoms with Crippen molar-refractivity contribution >= 4 is 16.9 Å². The molecule has 0 aliphatic carbocycles. The number of phenolic OH excluding ortho intramolecular Hbond substituents is 1. The smallest absolute Gasteiger partial charge is 0.328 e. The molecule has 1 aromatic heterocycles. The molecule has 1 heterocycles. The fourth-order valence-electron chi connectivity index (χ4n) is 1.42. The molecule has 3 N–H and O–H groups in total. The minimum Gasteiger partial charge on any atom is -0.506 e.